The van der Waals surface area contributed by atoms with Crippen molar-refractivity contribution in [2.75, 3.05) is 20.0 Å². The van der Waals surface area contributed by atoms with E-state index < -0.39 is 5.82 Å². The van der Waals surface area contributed by atoms with Crippen molar-refractivity contribution in [3.63, 3.8) is 0 Å². The summed E-state index contributed by atoms with van der Waals surface area (Å²) in [5, 5.41) is 0.718. The third kappa shape index (κ3) is 2.93. The summed E-state index contributed by atoms with van der Waals surface area (Å²) in [6, 6.07) is 3.29. The number of hydrogen-bond acceptors (Lipinski definition) is 6. The van der Waals surface area contributed by atoms with Crippen LogP contribution in [0.1, 0.15) is 25.3 Å². The van der Waals surface area contributed by atoms with Crippen LogP contribution in [0.2, 0.25) is 0 Å². The van der Waals surface area contributed by atoms with Crippen LogP contribution in [0.15, 0.2) is 24.5 Å². The lowest BCUT2D eigenvalue weighted by atomic mass is 9.92. The zero-order valence-corrected chi connectivity index (χ0v) is 14.5. The van der Waals surface area contributed by atoms with Crippen molar-refractivity contribution in [3.05, 3.63) is 35.9 Å². The number of nitrogens with zero attached hydrogens (tertiary/aromatic N) is 3. The van der Waals surface area contributed by atoms with Gasteiger partial charge in [0.05, 0.1) is 31.6 Å². The Bertz CT molecular complexity index is 944. The zero-order valence-electron chi connectivity index (χ0n) is 14.5. The first-order valence-electron chi connectivity index (χ1n) is 7.79. The van der Waals surface area contributed by atoms with E-state index in [0.717, 1.165) is 10.9 Å². The Morgan fingerprint density at radius 2 is 1.76 bits per heavy atom. The molecule has 3 rings (SSSR count). The summed E-state index contributed by atoms with van der Waals surface area (Å²) in [6.45, 7) is 3.94. The van der Waals surface area contributed by atoms with E-state index in [1.54, 1.807) is 31.6 Å². The van der Waals surface area contributed by atoms with Gasteiger partial charge in [-0.25, -0.2) is 14.4 Å². The number of fused-ring (bicyclic) bond motifs is 1. The lowest BCUT2D eigenvalue weighted by molar-refractivity contribution is 0.371. The van der Waals surface area contributed by atoms with Crippen molar-refractivity contribution in [1.29, 1.82) is 0 Å². The molecule has 2 heterocycles. The SMILES string of the molecule is COc1cc(OC)c(C(C)C)c(-c2cc3cnc(N)nc3cn2)c1F. The molecule has 0 saturated carbocycles. The Hall–Kier alpha value is -2.96. The van der Waals surface area contributed by atoms with Crippen LogP contribution in [-0.4, -0.2) is 29.2 Å². The number of pyridine rings is 1. The van der Waals surface area contributed by atoms with Gasteiger partial charge in [-0.2, -0.15) is 0 Å². The van der Waals surface area contributed by atoms with Crippen LogP contribution in [0.25, 0.3) is 22.2 Å². The van der Waals surface area contributed by atoms with Gasteiger partial charge in [0.25, 0.3) is 0 Å². The highest BCUT2D eigenvalue weighted by Gasteiger charge is 2.24. The van der Waals surface area contributed by atoms with E-state index in [0.29, 0.717) is 22.5 Å². The van der Waals surface area contributed by atoms with Gasteiger partial charge in [-0.15, -0.1) is 0 Å². The lowest BCUT2D eigenvalue weighted by Crippen LogP contribution is -2.04. The third-order valence-electron chi connectivity index (χ3n) is 3.99. The molecule has 3 aromatic rings. The Labute approximate surface area is 144 Å². The zero-order chi connectivity index (χ0) is 18.1. The smallest absolute Gasteiger partial charge is 0.220 e. The number of nitrogen functional groups attached to an aromatic ring is 1. The van der Waals surface area contributed by atoms with E-state index >= 15 is 4.39 Å². The quantitative estimate of drug-likeness (QED) is 0.780. The maximum atomic E-state index is 15.1. The van der Waals surface area contributed by atoms with Crippen molar-refractivity contribution in [3.8, 4) is 22.8 Å². The first-order chi connectivity index (χ1) is 12.0. The van der Waals surface area contributed by atoms with Gasteiger partial charge in [-0.1, -0.05) is 13.8 Å². The van der Waals surface area contributed by atoms with Gasteiger partial charge in [0.15, 0.2) is 11.6 Å². The Kier molecular flexibility index (Phi) is 4.39. The predicted octanol–water partition coefficient (Wildman–Crippen LogP) is 3.55. The molecule has 1 aromatic carbocycles. The topological polar surface area (TPSA) is 83.2 Å². The van der Waals surface area contributed by atoms with E-state index in [1.165, 1.54) is 7.11 Å². The molecule has 0 amide bonds. The number of methoxy groups -OCH3 is 2. The fraction of sp³-hybridized carbons (Fsp3) is 0.278. The number of benzene rings is 1. The number of rotatable bonds is 4. The monoisotopic (exact) mass is 342 g/mol. The van der Waals surface area contributed by atoms with Crippen molar-refractivity contribution < 1.29 is 13.9 Å². The van der Waals surface area contributed by atoms with Gasteiger partial charge in [0, 0.05) is 28.8 Å². The first kappa shape index (κ1) is 16.9. The Morgan fingerprint density at radius 1 is 1.04 bits per heavy atom. The van der Waals surface area contributed by atoms with Crippen molar-refractivity contribution in [1.82, 2.24) is 15.0 Å². The van der Waals surface area contributed by atoms with E-state index in [2.05, 4.69) is 15.0 Å². The minimum Gasteiger partial charge on any atom is -0.496 e. The van der Waals surface area contributed by atoms with Crippen LogP contribution in [-0.2, 0) is 0 Å². The minimum atomic E-state index is -0.477. The molecular formula is C18H19FN4O2. The second-order valence-electron chi connectivity index (χ2n) is 5.90. The molecule has 7 heteroatoms. The number of anilines is 1. The second kappa shape index (κ2) is 6.51. The van der Waals surface area contributed by atoms with E-state index in [1.807, 2.05) is 13.8 Å². The summed E-state index contributed by atoms with van der Waals surface area (Å²) in [5.41, 5.74) is 7.72. The minimum absolute atomic E-state index is 0.0190. The number of hydrogen-bond donors (Lipinski definition) is 1. The molecule has 0 spiro atoms. The molecule has 25 heavy (non-hydrogen) atoms. The molecule has 2 N–H and O–H groups in total. The van der Waals surface area contributed by atoms with Gasteiger partial charge in [-0.3, -0.25) is 4.98 Å². The van der Waals surface area contributed by atoms with Crippen LogP contribution < -0.4 is 15.2 Å². The summed E-state index contributed by atoms with van der Waals surface area (Å²) in [7, 11) is 2.97. The van der Waals surface area contributed by atoms with Crippen LogP contribution in [0.3, 0.4) is 0 Å². The summed E-state index contributed by atoms with van der Waals surface area (Å²) >= 11 is 0. The highest BCUT2D eigenvalue weighted by atomic mass is 19.1. The van der Waals surface area contributed by atoms with E-state index in [-0.39, 0.29) is 17.6 Å². The standard InChI is InChI=1S/C18H19FN4O2/c1-9(2)15-13(24-3)6-14(25-4)17(19)16(15)11-5-10-7-22-18(20)23-12(10)8-21-11/h5-9H,1-4H3,(H2,20,22,23). The summed E-state index contributed by atoms with van der Waals surface area (Å²) in [6.07, 6.45) is 3.14. The summed E-state index contributed by atoms with van der Waals surface area (Å²) in [4.78, 5) is 12.5. The molecule has 0 fully saturated rings. The van der Waals surface area contributed by atoms with Crippen LogP contribution in [0.5, 0.6) is 11.5 Å². The number of aromatic nitrogens is 3. The molecule has 0 unspecified atom stereocenters. The Balaban J connectivity index is 2.33. The third-order valence-corrected chi connectivity index (χ3v) is 3.99. The number of nitrogens with two attached hydrogens (primary N) is 1. The average Bonchev–Trinajstić information content (AvgIpc) is 2.60. The average molecular weight is 342 g/mol. The molecule has 130 valence electrons. The molecule has 0 aliphatic heterocycles. The summed E-state index contributed by atoms with van der Waals surface area (Å²) < 4.78 is 25.7. The highest BCUT2D eigenvalue weighted by Crippen LogP contribution is 2.42. The fourth-order valence-electron chi connectivity index (χ4n) is 2.85. The molecule has 0 bridgehead atoms. The van der Waals surface area contributed by atoms with Crippen LogP contribution in [0.4, 0.5) is 10.3 Å². The maximum Gasteiger partial charge on any atom is 0.220 e. The molecule has 0 radical (unpaired) electrons. The Morgan fingerprint density at radius 3 is 2.40 bits per heavy atom. The molecular weight excluding hydrogens is 323 g/mol. The van der Waals surface area contributed by atoms with Gasteiger partial charge in [-0.05, 0) is 12.0 Å². The second-order valence-corrected chi connectivity index (χ2v) is 5.90. The predicted molar refractivity (Wildman–Crippen MR) is 94.3 cm³/mol. The molecule has 6 nitrogen and oxygen atoms in total. The lowest BCUT2D eigenvalue weighted by Gasteiger charge is -2.19. The highest BCUT2D eigenvalue weighted by molar-refractivity contribution is 5.83. The number of ether oxygens (including phenoxy) is 2. The normalized spacial score (nSPS) is 11.1. The van der Waals surface area contributed by atoms with E-state index in [9.17, 15) is 0 Å². The van der Waals surface area contributed by atoms with Crippen LogP contribution in [0, 0.1) is 5.82 Å². The van der Waals surface area contributed by atoms with Gasteiger partial charge in [0.1, 0.15) is 5.75 Å². The molecule has 0 atom stereocenters. The van der Waals surface area contributed by atoms with E-state index in [4.69, 9.17) is 15.2 Å². The fourth-order valence-corrected chi connectivity index (χ4v) is 2.85. The molecule has 0 saturated heterocycles. The van der Waals surface area contributed by atoms with Crippen molar-refractivity contribution in [2.45, 2.75) is 19.8 Å². The summed E-state index contributed by atoms with van der Waals surface area (Å²) in [5.74, 6) is 0.366. The van der Waals surface area contributed by atoms with Gasteiger partial charge in [0.2, 0.25) is 5.95 Å². The maximum absolute atomic E-state index is 15.1. The largest absolute Gasteiger partial charge is 0.496 e. The molecule has 2 aromatic heterocycles. The molecule has 0 aliphatic carbocycles. The van der Waals surface area contributed by atoms with Crippen molar-refractivity contribution >= 4 is 16.9 Å². The number of halogens is 1. The molecule has 0 aliphatic rings. The van der Waals surface area contributed by atoms with Gasteiger partial charge >= 0.3 is 0 Å². The van der Waals surface area contributed by atoms with Crippen molar-refractivity contribution in [2.24, 2.45) is 0 Å². The van der Waals surface area contributed by atoms with Crippen LogP contribution >= 0.6 is 0 Å². The van der Waals surface area contributed by atoms with Gasteiger partial charge < -0.3 is 15.2 Å². The first-order valence-corrected chi connectivity index (χ1v) is 7.79.